The van der Waals surface area contributed by atoms with E-state index >= 15 is 0 Å². The Bertz CT molecular complexity index is 1560. The second-order valence-corrected chi connectivity index (χ2v) is 10.6. The van der Waals surface area contributed by atoms with Crippen LogP contribution in [-0.2, 0) is 22.6 Å². The van der Waals surface area contributed by atoms with Gasteiger partial charge < -0.3 is 20.5 Å². The number of nitrogens with zero attached hydrogens (tertiary/aromatic N) is 1. The first kappa shape index (κ1) is 24.9. The number of hydrogen-bond donors (Lipinski definition) is 3. The van der Waals surface area contributed by atoms with Crippen molar-refractivity contribution >= 4 is 28.6 Å². The van der Waals surface area contributed by atoms with E-state index < -0.39 is 12.1 Å². The van der Waals surface area contributed by atoms with Gasteiger partial charge in [0.05, 0.1) is 6.04 Å². The molecule has 198 valence electrons. The summed E-state index contributed by atoms with van der Waals surface area (Å²) >= 11 is 0. The van der Waals surface area contributed by atoms with Crippen LogP contribution < -0.4 is 10.6 Å². The molecule has 0 fully saturated rings. The molecule has 0 saturated carbocycles. The van der Waals surface area contributed by atoms with Crippen molar-refractivity contribution in [1.29, 1.82) is 0 Å². The molecule has 4 atom stereocenters. The van der Waals surface area contributed by atoms with Gasteiger partial charge in [-0.2, -0.15) is 0 Å². The third-order valence-corrected chi connectivity index (χ3v) is 8.26. The average Bonchev–Trinajstić information content (AvgIpc) is 3.49. The Balaban J connectivity index is 1.32. The Morgan fingerprint density at radius 3 is 2.51 bits per heavy atom. The van der Waals surface area contributed by atoms with Gasteiger partial charge in [-0.1, -0.05) is 87.0 Å². The standard InChI is InChI=1S/C32H32N4O3/c1-3-19(2)27(31(38)33-18-20-11-5-4-6-12-20)35-30(37)26-17-24-21-13-9-10-16-25(21)34-28(24)29-22-14-7-8-15-23(22)32(39)36(26)29/h4-16,19,26-27,29,34H,3,17-18H2,1-2H3,(H,33,38)(H,35,37)/t19?,26-,27-,29?/m0/s1. The van der Waals surface area contributed by atoms with E-state index in [0.717, 1.165) is 39.7 Å². The zero-order chi connectivity index (χ0) is 27.1. The summed E-state index contributed by atoms with van der Waals surface area (Å²) in [6, 6.07) is 23.5. The number of carbonyl (C=O) groups excluding carboxylic acids is 3. The van der Waals surface area contributed by atoms with Crippen LogP contribution in [0.2, 0.25) is 0 Å². The zero-order valence-corrected chi connectivity index (χ0v) is 22.1. The number of amides is 3. The number of hydrogen-bond acceptors (Lipinski definition) is 3. The molecule has 0 spiro atoms. The van der Waals surface area contributed by atoms with E-state index in [1.54, 1.807) is 4.90 Å². The smallest absolute Gasteiger partial charge is 0.255 e. The number of para-hydroxylation sites is 1. The number of rotatable bonds is 7. The van der Waals surface area contributed by atoms with Crippen molar-refractivity contribution in [2.45, 2.75) is 51.4 Å². The van der Waals surface area contributed by atoms with Gasteiger partial charge in [0.2, 0.25) is 11.8 Å². The molecule has 3 N–H and O–H groups in total. The lowest BCUT2D eigenvalue weighted by atomic mass is 9.89. The molecule has 3 aromatic carbocycles. The van der Waals surface area contributed by atoms with E-state index in [-0.39, 0.29) is 29.7 Å². The molecule has 0 aliphatic carbocycles. The van der Waals surface area contributed by atoms with Crippen molar-refractivity contribution < 1.29 is 14.4 Å². The summed E-state index contributed by atoms with van der Waals surface area (Å²) in [7, 11) is 0. The molecule has 0 saturated heterocycles. The SMILES string of the molecule is CCC(C)[C@H](NC(=O)[C@@H]1Cc2c([nH]c3ccccc23)C2c3ccccc3C(=O)N21)C(=O)NCc1ccccc1. The number of fused-ring (bicyclic) bond motifs is 7. The van der Waals surface area contributed by atoms with Gasteiger partial charge in [-0.15, -0.1) is 0 Å². The van der Waals surface area contributed by atoms with Crippen molar-refractivity contribution in [3.05, 3.63) is 107 Å². The second kappa shape index (κ2) is 10.1. The number of nitrogens with one attached hydrogen (secondary N) is 3. The fourth-order valence-electron chi connectivity index (χ4n) is 5.98. The van der Waals surface area contributed by atoms with Crippen molar-refractivity contribution in [2.24, 2.45) is 5.92 Å². The van der Waals surface area contributed by atoms with Gasteiger partial charge in [-0.25, -0.2) is 0 Å². The van der Waals surface area contributed by atoms with Gasteiger partial charge in [0.1, 0.15) is 12.1 Å². The van der Waals surface area contributed by atoms with E-state index in [9.17, 15) is 14.4 Å². The van der Waals surface area contributed by atoms with Gasteiger partial charge in [-0.05, 0) is 34.7 Å². The summed E-state index contributed by atoms with van der Waals surface area (Å²) in [5.41, 5.74) is 5.49. The lowest BCUT2D eigenvalue weighted by Gasteiger charge is -2.38. The monoisotopic (exact) mass is 520 g/mol. The minimum Gasteiger partial charge on any atom is -0.356 e. The van der Waals surface area contributed by atoms with Crippen LogP contribution in [0.15, 0.2) is 78.9 Å². The van der Waals surface area contributed by atoms with E-state index in [1.807, 2.05) is 86.6 Å². The maximum atomic E-state index is 14.0. The van der Waals surface area contributed by atoms with Gasteiger partial charge in [0, 0.05) is 35.1 Å². The number of benzene rings is 3. The van der Waals surface area contributed by atoms with Crippen LogP contribution >= 0.6 is 0 Å². The maximum Gasteiger partial charge on any atom is 0.255 e. The molecular formula is C32H32N4O3. The van der Waals surface area contributed by atoms with Gasteiger partial charge in [0.25, 0.3) is 5.91 Å². The number of H-pyrrole nitrogens is 1. The molecule has 2 aliphatic heterocycles. The maximum absolute atomic E-state index is 14.0. The largest absolute Gasteiger partial charge is 0.356 e. The zero-order valence-electron chi connectivity index (χ0n) is 22.1. The van der Waals surface area contributed by atoms with Crippen LogP contribution in [0.5, 0.6) is 0 Å². The Hall–Kier alpha value is -4.39. The normalized spacial score (nSPS) is 19.1. The Morgan fingerprint density at radius 2 is 1.72 bits per heavy atom. The molecule has 7 nitrogen and oxygen atoms in total. The first-order valence-corrected chi connectivity index (χ1v) is 13.6. The van der Waals surface area contributed by atoms with E-state index in [2.05, 4.69) is 21.7 Å². The Labute approximate surface area is 227 Å². The Morgan fingerprint density at radius 1 is 1.00 bits per heavy atom. The van der Waals surface area contributed by atoms with Crippen molar-refractivity contribution in [3.63, 3.8) is 0 Å². The molecule has 2 unspecified atom stereocenters. The predicted molar refractivity (Wildman–Crippen MR) is 150 cm³/mol. The molecule has 4 aromatic rings. The van der Waals surface area contributed by atoms with E-state index in [1.165, 1.54) is 0 Å². The summed E-state index contributed by atoms with van der Waals surface area (Å²) in [5.74, 6) is -0.775. The lowest BCUT2D eigenvalue weighted by Crippen LogP contribution is -2.58. The highest BCUT2D eigenvalue weighted by Gasteiger charge is 2.49. The number of aromatic amines is 1. The molecule has 7 heteroatoms. The molecule has 3 amide bonds. The van der Waals surface area contributed by atoms with Crippen LogP contribution in [0.4, 0.5) is 0 Å². The van der Waals surface area contributed by atoms with Crippen LogP contribution in [0.25, 0.3) is 10.9 Å². The van der Waals surface area contributed by atoms with Crippen LogP contribution in [0.1, 0.15) is 59.1 Å². The minimum absolute atomic E-state index is 0.0840. The molecule has 3 heterocycles. The highest BCUT2D eigenvalue weighted by molar-refractivity contribution is 6.04. The lowest BCUT2D eigenvalue weighted by molar-refractivity contribution is -0.133. The quantitative estimate of drug-likeness (QED) is 0.335. The third-order valence-electron chi connectivity index (χ3n) is 8.26. The molecule has 2 aliphatic rings. The van der Waals surface area contributed by atoms with Gasteiger partial charge in [-0.3, -0.25) is 14.4 Å². The highest BCUT2D eigenvalue weighted by atomic mass is 16.2. The van der Waals surface area contributed by atoms with Crippen molar-refractivity contribution in [2.75, 3.05) is 0 Å². The van der Waals surface area contributed by atoms with Crippen molar-refractivity contribution in [3.8, 4) is 0 Å². The molecular weight excluding hydrogens is 488 g/mol. The first-order chi connectivity index (χ1) is 19.0. The van der Waals surface area contributed by atoms with Crippen molar-refractivity contribution in [1.82, 2.24) is 20.5 Å². The third kappa shape index (κ3) is 4.28. The molecule has 0 bridgehead atoms. The fraction of sp³-hybridized carbons (Fsp3) is 0.281. The van der Waals surface area contributed by atoms with Gasteiger partial charge in [0.15, 0.2) is 0 Å². The number of carbonyl (C=O) groups is 3. The predicted octanol–water partition coefficient (Wildman–Crippen LogP) is 4.49. The van der Waals surface area contributed by atoms with Crippen LogP contribution in [0.3, 0.4) is 0 Å². The number of aromatic nitrogens is 1. The Kier molecular flexibility index (Phi) is 6.43. The molecule has 39 heavy (non-hydrogen) atoms. The fourth-order valence-corrected chi connectivity index (χ4v) is 5.98. The summed E-state index contributed by atoms with van der Waals surface area (Å²) in [6.07, 6.45) is 1.10. The first-order valence-electron chi connectivity index (χ1n) is 13.6. The average molecular weight is 521 g/mol. The van der Waals surface area contributed by atoms with E-state index in [0.29, 0.717) is 18.5 Å². The summed E-state index contributed by atoms with van der Waals surface area (Å²) < 4.78 is 0. The summed E-state index contributed by atoms with van der Waals surface area (Å²) in [5, 5.41) is 7.09. The van der Waals surface area contributed by atoms with Crippen LogP contribution in [0, 0.1) is 5.92 Å². The molecule has 1 aromatic heterocycles. The highest BCUT2D eigenvalue weighted by Crippen LogP contribution is 2.46. The molecule has 0 radical (unpaired) electrons. The van der Waals surface area contributed by atoms with Gasteiger partial charge >= 0.3 is 0 Å². The topological polar surface area (TPSA) is 94.3 Å². The summed E-state index contributed by atoms with van der Waals surface area (Å²) in [4.78, 5) is 46.3. The second-order valence-electron chi connectivity index (χ2n) is 10.6. The van der Waals surface area contributed by atoms with E-state index in [4.69, 9.17) is 0 Å². The summed E-state index contributed by atoms with van der Waals surface area (Å²) in [6.45, 7) is 4.35. The van der Waals surface area contributed by atoms with Crippen LogP contribution in [-0.4, -0.2) is 39.7 Å². The minimum atomic E-state index is -0.741. The molecule has 6 rings (SSSR count).